The Labute approximate surface area is 75.3 Å². The van der Waals surface area contributed by atoms with Crippen LogP contribution in [0.15, 0.2) is 11.0 Å². The molecular weight excluding hydrogens is 172 g/mol. The van der Waals surface area contributed by atoms with Gasteiger partial charge in [0.15, 0.2) is 5.82 Å². The molecule has 0 unspecified atom stereocenters. The molecule has 1 rings (SSSR count). The molecule has 0 saturated heterocycles. The van der Waals surface area contributed by atoms with Crippen molar-refractivity contribution in [2.45, 2.75) is 6.42 Å². The molecular formula is C7H12N4O2. The number of nitrogens with one attached hydrogen (secondary N) is 2. The van der Waals surface area contributed by atoms with E-state index in [2.05, 4.69) is 20.5 Å². The van der Waals surface area contributed by atoms with Crippen LogP contribution >= 0.6 is 0 Å². The van der Waals surface area contributed by atoms with Crippen molar-refractivity contribution in [3.05, 3.63) is 16.7 Å². The summed E-state index contributed by atoms with van der Waals surface area (Å²) in [6.45, 7) is 1.40. The average Bonchev–Trinajstić information content (AvgIpc) is 2.13. The first-order valence-electron chi connectivity index (χ1n) is 3.97. The SMILES string of the molecule is COCCCNc1cn[nH]c(=O)n1. The zero-order valence-electron chi connectivity index (χ0n) is 7.41. The van der Waals surface area contributed by atoms with Crippen molar-refractivity contribution in [1.29, 1.82) is 0 Å². The van der Waals surface area contributed by atoms with Gasteiger partial charge in [0.2, 0.25) is 0 Å². The molecule has 2 N–H and O–H groups in total. The van der Waals surface area contributed by atoms with E-state index in [-0.39, 0.29) is 0 Å². The summed E-state index contributed by atoms with van der Waals surface area (Å²) in [5.74, 6) is 0.486. The molecule has 0 amide bonds. The monoisotopic (exact) mass is 184 g/mol. The minimum atomic E-state index is -0.447. The van der Waals surface area contributed by atoms with Crippen LogP contribution in [-0.2, 0) is 4.74 Å². The van der Waals surface area contributed by atoms with E-state index >= 15 is 0 Å². The Hall–Kier alpha value is -1.43. The van der Waals surface area contributed by atoms with E-state index in [9.17, 15) is 4.79 Å². The smallest absolute Gasteiger partial charge is 0.363 e. The molecule has 0 fully saturated rings. The first-order chi connectivity index (χ1) is 6.33. The van der Waals surface area contributed by atoms with Gasteiger partial charge in [-0.3, -0.25) is 0 Å². The third kappa shape index (κ3) is 3.66. The van der Waals surface area contributed by atoms with Crippen LogP contribution in [0.4, 0.5) is 5.82 Å². The van der Waals surface area contributed by atoms with Gasteiger partial charge in [-0.15, -0.1) is 0 Å². The molecule has 6 nitrogen and oxygen atoms in total. The van der Waals surface area contributed by atoms with Gasteiger partial charge < -0.3 is 10.1 Å². The van der Waals surface area contributed by atoms with E-state index in [1.807, 2.05) is 0 Å². The molecule has 0 aliphatic rings. The number of anilines is 1. The van der Waals surface area contributed by atoms with Gasteiger partial charge in [-0.25, -0.2) is 9.89 Å². The summed E-state index contributed by atoms with van der Waals surface area (Å²) >= 11 is 0. The molecule has 0 bridgehead atoms. The van der Waals surface area contributed by atoms with Gasteiger partial charge in [0.1, 0.15) is 0 Å². The fraction of sp³-hybridized carbons (Fsp3) is 0.571. The predicted molar refractivity (Wildman–Crippen MR) is 47.6 cm³/mol. The fourth-order valence-electron chi connectivity index (χ4n) is 0.830. The van der Waals surface area contributed by atoms with Crippen molar-refractivity contribution < 1.29 is 4.74 Å². The summed E-state index contributed by atoms with van der Waals surface area (Å²) in [5.41, 5.74) is -0.447. The molecule has 0 radical (unpaired) electrons. The van der Waals surface area contributed by atoms with E-state index in [4.69, 9.17) is 4.74 Å². The average molecular weight is 184 g/mol. The van der Waals surface area contributed by atoms with E-state index in [0.717, 1.165) is 6.42 Å². The molecule has 1 heterocycles. The van der Waals surface area contributed by atoms with Crippen LogP contribution in [0, 0.1) is 0 Å². The first-order valence-corrected chi connectivity index (χ1v) is 3.97. The standard InChI is InChI=1S/C7H12N4O2/c1-13-4-2-3-8-6-5-9-11-7(12)10-6/h5H,2-4H2,1H3,(H2,8,10,11,12). The molecule has 0 aliphatic heterocycles. The second-order valence-corrected chi connectivity index (χ2v) is 2.45. The van der Waals surface area contributed by atoms with E-state index in [1.54, 1.807) is 7.11 Å². The van der Waals surface area contributed by atoms with Gasteiger partial charge >= 0.3 is 5.69 Å². The van der Waals surface area contributed by atoms with Crippen LogP contribution in [0.5, 0.6) is 0 Å². The number of rotatable bonds is 5. The third-order valence-electron chi connectivity index (χ3n) is 1.40. The lowest BCUT2D eigenvalue weighted by Gasteiger charge is -2.02. The van der Waals surface area contributed by atoms with Crippen molar-refractivity contribution in [3.63, 3.8) is 0 Å². The van der Waals surface area contributed by atoms with Crippen molar-refractivity contribution in [1.82, 2.24) is 15.2 Å². The third-order valence-corrected chi connectivity index (χ3v) is 1.40. The number of aromatic nitrogens is 3. The lowest BCUT2D eigenvalue weighted by molar-refractivity contribution is 0.197. The van der Waals surface area contributed by atoms with Gasteiger partial charge in [0.25, 0.3) is 0 Å². The Morgan fingerprint density at radius 2 is 2.54 bits per heavy atom. The number of nitrogens with zero attached hydrogens (tertiary/aromatic N) is 2. The molecule has 13 heavy (non-hydrogen) atoms. The van der Waals surface area contributed by atoms with E-state index in [0.29, 0.717) is 19.0 Å². The topological polar surface area (TPSA) is 79.9 Å². The maximum atomic E-state index is 10.7. The molecule has 0 saturated carbocycles. The molecule has 6 heteroatoms. The Balaban J connectivity index is 2.33. The summed E-state index contributed by atoms with van der Waals surface area (Å²) < 4.78 is 4.86. The Morgan fingerprint density at radius 3 is 3.23 bits per heavy atom. The molecule has 0 atom stereocenters. The molecule has 0 aliphatic carbocycles. The van der Waals surface area contributed by atoms with E-state index in [1.165, 1.54) is 6.20 Å². The highest BCUT2D eigenvalue weighted by Gasteiger charge is 1.93. The van der Waals surface area contributed by atoms with Crippen LogP contribution in [0.25, 0.3) is 0 Å². The number of hydrogen-bond acceptors (Lipinski definition) is 5. The maximum absolute atomic E-state index is 10.7. The molecule has 1 aromatic heterocycles. The van der Waals surface area contributed by atoms with Crippen LogP contribution in [0.1, 0.15) is 6.42 Å². The zero-order chi connectivity index (χ0) is 9.52. The largest absolute Gasteiger partial charge is 0.385 e. The summed E-state index contributed by atoms with van der Waals surface area (Å²) in [6.07, 6.45) is 2.33. The van der Waals surface area contributed by atoms with Crippen LogP contribution < -0.4 is 11.0 Å². The van der Waals surface area contributed by atoms with Gasteiger partial charge in [-0.2, -0.15) is 10.1 Å². The quantitative estimate of drug-likeness (QED) is 0.609. The van der Waals surface area contributed by atoms with Crippen molar-refractivity contribution in [2.24, 2.45) is 0 Å². The minimum Gasteiger partial charge on any atom is -0.385 e. The second-order valence-electron chi connectivity index (χ2n) is 2.45. The number of aromatic amines is 1. The molecule has 1 aromatic rings. The number of ether oxygens (including phenoxy) is 1. The molecule has 0 spiro atoms. The highest BCUT2D eigenvalue weighted by Crippen LogP contribution is 1.93. The van der Waals surface area contributed by atoms with E-state index < -0.39 is 5.69 Å². The number of methoxy groups -OCH3 is 1. The van der Waals surface area contributed by atoms with Gasteiger partial charge in [0, 0.05) is 20.3 Å². The summed E-state index contributed by atoms with van der Waals surface area (Å²) in [4.78, 5) is 14.3. The minimum absolute atomic E-state index is 0.447. The summed E-state index contributed by atoms with van der Waals surface area (Å²) in [7, 11) is 1.65. The van der Waals surface area contributed by atoms with Gasteiger partial charge in [-0.1, -0.05) is 0 Å². The Morgan fingerprint density at radius 1 is 1.69 bits per heavy atom. The van der Waals surface area contributed by atoms with Crippen LogP contribution in [0.3, 0.4) is 0 Å². The number of hydrogen-bond donors (Lipinski definition) is 2. The molecule has 72 valence electrons. The number of H-pyrrole nitrogens is 1. The zero-order valence-corrected chi connectivity index (χ0v) is 7.41. The Bertz CT molecular complexity index is 299. The molecule has 0 aromatic carbocycles. The summed E-state index contributed by atoms with van der Waals surface area (Å²) in [5, 5.41) is 8.73. The van der Waals surface area contributed by atoms with Crippen molar-refractivity contribution in [2.75, 3.05) is 25.6 Å². The normalized spacial score (nSPS) is 9.92. The second kappa shape index (κ2) is 5.26. The predicted octanol–water partition coefficient (Wildman–Crippen LogP) is -0.387. The summed E-state index contributed by atoms with van der Waals surface area (Å²) in [6, 6.07) is 0. The van der Waals surface area contributed by atoms with Crippen molar-refractivity contribution >= 4 is 5.82 Å². The highest BCUT2D eigenvalue weighted by atomic mass is 16.5. The first kappa shape index (κ1) is 9.66. The van der Waals surface area contributed by atoms with Gasteiger partial charge in [0.05, 0.1) is 6.20 Å². The fourth-order valence-corrected chi connectivity index (χ4v) is 0.830. The van der Waals surface area contributed by atoms with Crippen LogP contribution in [-0.4, -0.2) is 35.4 Å². The highest BCUT2D eigenvalue weighted by molar-refractivity contribution is 5.28. The van der Waals surface area contributed by atoms with Crippen LogP contribution in [0.2, 0.25) is 0 Å². The lowest BCUT2D eigenvalue weighted by Crippen LogP contribution is -2.15. The van der Waals surface area contributed by atoms with Crippen molar-refractivity contribution in [3.8, 4) is 0 Å². The maximum Gasteiger partial charge on any atom is 0.363 e. The lowest BCUT2D eigenvalue weighted by atomic mass is 10.4. The van der Waals surface area contributed by atoms with Gasteiger partial charge in [-0.05, 0) is 6.42 Å². The Kier molecular flexibility index (Phi) is 3.90.